The predicted octanol–water partition coefficient (Wildman–Crippen LogP) is 0.553. The Labute approximate surface area is 175 Å². The van der Waals surface area contributed by atoms with Gasteiger partial charge < -0.3 is 24.2 Å². The van der Waals surface area contributed by atoms with Gasteiger partial charge in [-0.25, -0.2) is 9.59 Å². The molecule has 9 nitrogen and oxygen atoms in total. The molecule has 0 aromatic rings. The zero-order valence-corrected chi connectivity index (χ0v) is 17.8. The number of Topliss-reactive ketones (excluding diaryl/α,β-unsaturated/α-hetero) is 1. The van der Waals surface area contributed by atoms with Gasteiger partial charge in [-0.3, -0.25) is 9.59 Å². The first-order chi connectivity index (χ1) is 14.1. The van der Waals surface area contributed by atoms with E-state index in [4.69, 9.17) is 14.2 Å². The first-order valence-corrected chi connectivity index (χ1v) is 9.87. The van der Waals surface area contributed by atoms with Crippen LogP contribution in [0.25, 0.3) is 0 Å². The van der Waals surface area contributed by atoms with E-state index in [9.17, 15) is 24.3 Å². The van der Waals surface area contributed by atoms with Gasteiger partial charge in [0.2, 0.25) is 5.78 Å². The molecule has 1 N–H and O–H groups in total. The van der Waals surface area contributed by atoms with Gasteiger partial charge in [0, 0.05) is 43.5 Å². The molecule has 2 aliphatic rings. The van der Waals surface area contributed by atoms with Gasteiger partial charge in [-0.2, -0.15) is 0 Å². The molecule has 2 heterocycles. The van der Waals surface area contributed by atoms with Crippen molar-refractivity contribution in [3.8, 4) is 0 Å². The van der Waals surface area contributed by atoms with Gasteiger partial charge in [0.25, 0.3) is 0 Å². The molecule has 0 spiro atoms. The second-order valence-electron chi connectivity index (χ2n) is 7.78. The number of esters is 3. The van der Waals surface area contributed by atoms with Crippen LogP contribution < -0.4 is 0 Å². The van der Waals surface area contributed by atoms with E-state index in [1.165, 1.54) is 19.9 Å². The van der Waals surface area contributed by atoms with E-state index in [0.717, 1.165) is 0 Å². The third-order valence-corrected chi connectivity index (χ3v) is 5.41. The minimum atomic E-state index is -2.06. The largest absolute Gasteiger partial charge is 0.465 e. The van der Waals surface area contributed by atoms with E-state index in [2.05, 4.69) is 0 Å². The number of ether oxygens (including phenoxy) is 3. The second-order valence-corrected chi connectivity index (χ2v) is 7.78. The predicted molar refractivity (Wildman–Crippen MR) is 105 cm³/mol. The maximum atomic E-state index is 12.9. The molecule has 2 rings (SSSR count). The molecule has 0 aromatic carbocycles. The molecule has 2 bridgehead atoms. The van der Waals surface area contributed by atoms with E-state index in [-0.39, 0.29) is 30.8 Å². The maximum absolute atomic E-state index is 12.9. The van der Waals surface area contributed by atoms with E-state index in [1.54, 1.807) is 13.0 Å². The summed E-state index contributed by atoms with van der Waals surface area (Å²) >= 11 is 0. The van der Waals surface area contributed by atoms with Crippen molar-refractivity contribution in [2.75, 3.05) is 33.4 Å². The van der Waals surface area contributed by atoms with Crippen LogP contribution in [0.3, 0.4) is 0 Å². The minimum Gasteiger partial charge on any atom is -0.465 e. The molecule has 1 fully saturated rings. The Kier molecular flexibility index (Phi) is 7.91. The highest BCUT2D eigenvalue weighted by Crippen LogP contribution is 2.29. The number of nitrogens with zero attached hydrogens (tertiary/aromatic N) is 1. The van der Waals surface area contributed by atoms with Gasteiger partial charge in [0.1, 0.15) is 6.61 Å². The van der Waals surface area contributed by atoms with Crippen LogP contribution in [0, 0.1) is 5.92 Å². The summed E-state index contributed by atoms with van der Waals surface area (Å²) in [5, 5.41) is 10.9. The van der Waals surface area contributed by atoms with Crippen molar-refractivity contribution < 1.29 is 38.5 Å². The van der Waals surface area contributed by atoms with Crippen LogP contribution in [0.4, 0.5) is 0 Å². The number of carbonyl (C=O) groups is 4. The van der Waals surface area contributed by atoms with Crippen molar-refractivity contribution in [2.24, 2.45) is 5.92 Å². The second kappa shape index (κ2) is 9.99. The van der Waals surface area contributed by atoms with Crippen LogP contribution in [0.1, 0.15) is 33.6 Å². The highest BCUT2D eigenvalue weighted by molar-refractivity contribution is 6.01. The summed E-state index contributed by atoms with van der Waals surface area (Å²) in [6.45, 7) is 4.41. The molecular formula is C21H29NO8. The first-order valence-electron chi connectivity index (χ1n) is 9.87. The molecule has 0 aromatic heterocycles. The van der Waals surface area contributed by atoms with Crippen molar-refractivity contribution in [1.82, 2.24) is 4.90 Å². The molecule has 166 valence electrons. The van der Waals surface area contributed by atoms with Gasteiger partial charge in [-0.05, 0) is 27.3 Å². The summed E-state index contributed by atoms with van der Waals surface area (Å²) in [5.74, 6) is -3.64. The number of hydrogen-bond acceptors (Lipinski definition) is 9. The summed E-state index contributed by atoms with van der Waals surface area (Å²) in [7, 11) is 1.86. The average Bonchev–Trinajstić information content (AvgIpc) is 2.68. The molecule has 0 aliphatic carbocycles. The molecule has 0 amide bonds. The van der Waals surface area contributed by atoms with Crippen LogP contribution in [0.2, 0.25) is 0 Å². The Morgan fingerprint density at radius 2 is 2.10 bits per heavy atom. The van der Waals surface area contributed by atoms with Crippen LogP contribution in [-0.2, 0) is 33.4 Å². The Morgan fingerprint density at radius 1 is 1.40 bits per heavy atom. The van der Waals surface area contributed by atoms with E-state index < -0.39 is 41.3 Å². The Balaban J connectivity index is 2.43. The number of ketones is 1. The fourth-order valence-electron chi connectivity index (χ4n) is 3.26. The maximum Gasteiger partial charge on any atom is 0.338 e. The van der Waals surface area contributed by atoms with Crippen molar-refractivity contribution in [2.45, 2.75) is 45.3 Å². The molecule has 0 radical (unpaired) electrons. The van der Waals surface area contributed by atoms with Crippen LogP contribution in [-0.4, -0.2) is 78.8 Å². The lowest BCUT2D eigenvalue weighted by atomic mass is 9.84. The number of aliphatic hydroxyl groups is 1. The number of fused-ring (bicyclic) bond motifs is 2. The van der Waals surface area contributed by atoms with Gasteiger partial charge in [-0.1, -0.05) is 12.2 Å². The topological polar surface area (TPSA) is 119 Å². The normalized spacial score (nSPS) is 30.8. The monoisotopic (exact) mass is 423 g/mol. The van der Waals surface area contributed by atoms with Gasteiger partial charge >= 0.3 is 17.9 Å². The summed E-state index contributed by atoms with van der Waals surface area (Å²) in [6, 6.07) is 0. The summed E-state index contributed by atoms with van der Waals surface area (Å²) < 4.78 is 15.8. The summed E-state index contributed by atoms with van der Waals surface area (Å²) in [4.78, 5) is 51.5. The van der Waals surface area contributed by atoms with Crippen molar-refractivity contribution in [3.63, 3.8) is 0 Å². The highest BCUT2D eigenvalue weighted by atomic mass is 16.6. The lowest BCUT2D eigenvalue weighted by Crippen LogP contribution is -2.48. The lowest BCUT2D eigenvalue weighted by molar-refractivity contribution is -0.174. The lowest BCUT2D eigenvalue weighted by Gasteiger charge is -2.32. The average molecular weight is 423 g/mol. The Bertz CT molecular complexity index is 767. The van der Waals surface area contributed by atoms with Crippen LogP contribution in [0.5, 0.6) is 0 Å². The molecular weight excluding hydrogens is 394 g/mol. The zero-order valence-electron chi connectivity index (χ0n) is 17.8. The first kappa shape index (κ1) is 23.8. The highest BCUT2D eigenvalue weighted by Gasteiger charge is 2.44. The molecule has 0 saturated carbocycles. The number of allylic oxidation sites excluding steroid dienone is 1. The number of carbonyl (C=O) groups excluding carboxylic acids is 4. The number of cyclic esters (lactones) is 1. The SMILES string of the molecule is CC=C1CC(COC(C)=O)C(C)(O)C(=O)OCC2=CCN(C)CCC(OC1=O)C2=O. The Morgan fingerprint density at radius 3 is 2.73 bits per heavy atom. The summed E-state index contributed by atoms with van der Waals surface area (Å²) in [5.41, 5.74) is -1.71. The fourth-order valence-corrected chi connectivity index (χ4v) is 3.26. The molecule has 30 heavy (non-hydrogen) atoms. The Hall–Kier alpha value is -2.52. The summed E-state index contributed by atoms with van der Waals surface area (Å²) in [6.07, 6.45) is 2.31. The molecule has 9 heteroatoms. The van der Waals surface area contributed by atoms with Crippen molar-refractivity contribution in [3.05, 3.63) is 23.3 Å². The van der Waals surface area contributed by atoms with Gasteiger partial charge in [-0.15, -0.1) is 0 Å². The third kappa shape index (κ3) is 5.76. The fraction of sp³-hybridized carbons (Fsp3) is 0.619. The number of likely N-dealkylation sites (N-methyl/N-ethyl adjacent to an activating group) is 1. The molecule has 3 unspecified atom stereocenters. The van der Waals surface area contributed by atoms with Gasteiger partial charge in [0.05, 0.1) is 6.61 Å². The number of rotatable bonds is 2. The molecule has 2 aliphatic heterocycles. The third-order valence-electron chi connectivity index (χ3n) is 5.41. The smallest absolute Gasteiger partial charge is 0.338 e. The van der Waals surface area contributed by atoms with Crippen LogP contribution in [0.15, 0.2) is 23.3 Å². The quantitative estimate of drug-likeness (QED) is 0.386. The van der Waals surface area contributed by atoms with E-state index in [0.29, 0.717) is 19.5 Å². The molecule has 3 atom stereocenters. The zero-order chi connectivity index (χ0) is 22.5. The number of hydrogen-bond donors (Lipinski definition) is 1. The molecule has 1 saturated heterocycles. The van der Waals surface area contributed by atoms with E-state index >= 15 is 0 Å². The van der Waals surface area contributed by atoms with Gasteiger partial charge in [0.15, 0.2) is 11.7 Å². The standard InChI is InChI=1S/C21H29NO8/c1-5-14-10-16(12-28-13(2)23)21(3,27)20(26)29-11-15-6-8-22(4)9-7-17(18(15)24)30-19(14)25/h5-6,16-17,27H,7-12H2,1-4H3. The van der Waals surface area contributed by atoms with Crippen molar-refractivity contribution >= 4 is 23.7 Å². The van der Waals surface area contributed by atoms with E-state index in [1.807, 2.05) is 11.9 Å². The minimum absolute atomic E-state index is 0.103. The van der Waals surface area contributed by atoms with Crippen molar-refractivity contribution in [1.29, 1.82) is 0 Å². The van der Waals surface area contributed by atoms with Crippen LogP contribution >= 0.6 is 0 Å².